The number of carbonyl (C=O) groups is 1. The first-order chi connectivity index (χ1) is 11.6. The van der Waals surface area contributed by atoms with Gasteiger partial charge in [0, 0.05) is 5.56 Å². The van der Waals surface area contributed by atoms with E-state index in [9.17, 15) is 4.79 Å². The summed E-state index contributed by atoms with van der Waals surface area (Å²) in [4.78, 5) is 11.1. The number of ether oxygens (including phenoxy) is 1. The van der Waals surface area contributed by atoms with Gasteiger partial charge in [0.1, 0.15) is 5.75 Å². The molecule has 0 atom stereocenters. The van der Waals surface area contributed by atoms with Crippen LogP contribution in [0.5, 0.6) is 5.75 Å². The Morgan fingerprint density at radius 3 is 2.21 bits per heavy atom. The molecule has 120 valence electrons. The molecule has 3 nitrogen and oxygen atoms in total. The molecule has 0 radical (unpaired) electrons. The van der Waals surface area contributed by atoms with E-state index in [-0.39, 0.29) is 0 Å². The predicted molar refractivity (Wildman–Crippen MR) is 95.4 cm³/mol. The van der Waals surface area contributed by atoms with Crippen LogP contribution < -0.4 is 4.74 Å². The fourth-order valence-electron chi connectivity index (χ4n) is 2.88. The molecule has 3 aromatic carbocycles. The monoisotopic (exact) mass is 318 g/mol. The number of carboxylic acid groups (broad SMARTS) is 1. The highest BCUT2D eigenvalue weighted by Crippen LogP contribution is 2.40. The van der Waals surface area contributed by atoms with Crippen LogP contribution in [0.2, 0.25) is 0 Å². The van der Waals surface area contributed by atoms with Crippen LogP contribution in [-0.4, -0.2) is 11.3 Å². The molecular formula is C21H18O3. The van der Waals surface area contributed by atoms with Crippen molar-refractivity contribution in [2.45, 2.75) is 13.8 Å². The smallest absolute Gasteiger partial charge is 0.449 e. The van der Waals surface area contributed by atoms with Crippen molar-refractivity contribution in [2.24, 2.45) is 0 Å². The maximum atomic E-state index is 11.1. The van der Waals surface area contributed by atoms with E-state index in [1.807, 2.05) is 48.5 Å². The second-order valence-electron chi connectivity index (χ2n) is 5.66. The lowest BCUT2D eigenvalue weighted by Crippen LogP contribution is -2.05. The molecule has 1 N–H and O–H groups in total. The Balaban J connectivity index is 2.30. The van der Waals surface area contributed by atoms with E-state index in [1.54, 1.807) is 6.07 Å². The molecule has 0 saturated carbocycles. The highest BCUT2D eigenvalue weighted by molar-refractivity contribution is 5.89. The van der Waals surface area contributed by atoms with Gasteiger partial charge in [0.2, 0.25) is 0 Å². The van der Waals surface area contributed by atoms with Gasteiger partial charge in [-0.1, -0.05) is 60.7 Å². The van der Waals surface area contributed by atoms with Crippen LogP contribution in [0.25, 0.3) is 22.3 Å². The first kappa shape index (κ1) is 15.8. The van der Waals surface area contributed by atoms with E-state index >= 15 is 0 Å². The molecule has 0 aliphatic rings. The van der Waals surface area contributed by atoms with E-state index < -0.39 is 6.16 Å². The Labute approximate surface area is 141 Å². The molecule has 0 aliphatic carbocycles. The maximum absolute atomic E-state index is 11.1. The lowest BCUT2D eigenvalue weighted by atomic mass is 9.90. The molecule has 0 amide bonds. The van der Waals surface area contributed by atoms with Gasteiger partial charge in [-0.05, 0) is 47.7 Å². The van der Waals surface area contributed by atoms with Crippen molar-refractivity contribution in [1.82, 2.24) is 0 Å². The predicted octanol–water partition coefficient (Wildman–Crippen LogP) is 5.69. The number of rotatable bonds is 3. The van der Waals surface area contributed by atoms with Crippen LogP contribution in [0.3, 0.4) is 0 Å². The van der Waals surface area contributed by atoms with Gasteiger partial charge in [0.25, 0.3) is 0 Å². The first-order valence-corrected chi connectivity index (χ1v) is 7.73. The zero-order chi connectivity index (χ0) is 17.1. The summed E-state index contributed by atoms with van der Waals surface area (Å²) >= 11 is 0. The third-order valence-corrected chi connectivity index (χ3v) is 4.18. The highest BCUT2D eigenvalue weighted by Gasteiger charge is 2.17. The average Bonchev–Trinajstić information content (AvgIpc) is 2.57. The Kier molecular flexibility index (Phi) is 4.34. The van der Waals surface area contributed by atoms with Crippen molar-refractivity contribution in [3.05, 3.63) is 77.9 Å². The van der Waals surface area contributed by atoms with Crippen LogP contribution in [0, 0.1) is 13.8 Å². The Bertz CT molecular complexity index is 883. The van der Waals surface area contributed by atoms with Gasteiger partial charge >= 0.3 is 6.16 Å². The zero-order valence-corrected chi connectivity index (χ0v) is 13.6. The minimum absolute atomic E-state index is 0.340. The second kappa shape index (κ2) is 6.59. The second-order valence-corrected chi connectivity index (χ2v) is 5.66. The van der Waals surface area contributed by atoms with Crippen molar-refractivity contribution in [3.8, 4) is 28.0 Å². The molecule has 0 unspecified atom stereocenters. The molecule has 0 saturated heterocycles. The summed E-state index contributed by atoms with van der Waals surface area (Å²) in [5, 5.41) is 9.08. The lowest BCUT2D eigenvalue weighted by molar-refractivity contribution is 0.144. The van der Waals surface area contributed by atoms with Crippen molar-refractivity contribution < 1.29 is 14.6 Å². The van der Waals surface area contributed by atoms with Crippen LogP contribution in [0.1, 0.15) is 11.1 Å². The zero-order valence-electron chi connectivity index (χ0n) is 13.6. The van der Waals surface area contributed by atoms with Gasteiger partial charge in [-0.15, -0.1) is 0 Å². The minimum atomic E-state index is -1.31. The lowest BCUT2D eigenvalue weighted by Gasteiger charge is -2.16. The first-order valence-electron chi connectivity index (χ1n) is 7.73. The Morgan fingerprint density at radius 2 is 1.50 bits per heavy atom. The van der Waals surface area contributed by atoms with Gasteiger partial charge in [-0.3, -0.25) is 0 Å². The highest BCUT2D eigenvalue weighted by atomic mass is 16.7. The SMILES string of the molecule is Cc1cccc(-c2cccc(OC(=O)O)c2-c2ccccc2)c1C. The number of aryl methyl sites for hydroxylation is 1. The summed E-state index contributed by atoms with van der Waals surface area (Å²) in [7, 11) is 0. The normalized spacial score (nSPS) is 10.4. The van der Waals surface area contributed by atoms with Gasteiger partial charge in [0.05, 0.1) is 0 Å². The molecule has 0 spiro atoms. The molecule has 0 heterocycles. The molecule has 3 heteroatoms. The van der Waals surface area contributed by atoms with Gasteiger partial charge in [-0.2, -0.15) is 0 Å². The number of hydrogen-bond donors (Lipinski definition) is 1. The molecule has 3 aromatic rings. The fraction of sp³-hybridized carbons (Fsp3) is 0.0952. The molecule has 0 fully saturated rings. The summed E-state index contributed by atoms with van der Waals surface area (Å²) in [5.41, 5.74) is 6.10. The number of hydrogen-bond acceptors (Lipinski definition) is 2. The molecule has 24 heavy (non-hydrogen) atoms. The summed E-state index contributed by atoms with van der Waals surface area (Å²) in [6.07, 6.45) is -1.31. The molecule has 0 aliphatic heterocycles. The van der Waals surface area contributed by atoms with Crippen LogP contribution in [0.15, 0.2) is 66.7 Å². The van der Waals surface area contributed by atoms with Crippen LogP contribution in [-0.2, 0) is 0 Å². The van der Waals surface area contributed by atoms with Crippen LogP contribution >= 0.6 is 0 Å². The molecule has 3 rings (SSSR count). The molecular weight excluding hydrogens is 300 g/mol. The molecule has 0 bridgehead atoms. The van der Waals surface area contributed by atoms with E-state index in [0.29, 0.717) is 5.75 Å². The third-order valence-electron chi connectivity index (χ3n) is 4.18. The van der Waals surface area contributed by atoms with E-state index in [1.165, 1.54) is 11.1 Å². The van der Waals surface area contributed by atoms with Gasteiger partial charge in [0.15, 0.2) is 0 Å². The standard InChI is InChI=1S/C21H18O3/c1-14-8-6-11-17(15(14)2)18-12-7-13-19(24-21(22)23)20(18)16-9-4-3-5-10-16/h3-13H,1-2H3,(H,22,23). The van der Waals surface area contributed by atoms with Crippen molar-refractivity contribution in [2.75, 3.05) is 0 Å². The topological polar surface area (TPSA) is 46.5 Å². The third kappa shape index (κ3) is 3.01. The van der Waals surface area contributed by atoms with Gasteiger partial charge in [-0.25, -0.2) is 4.79 Å². The summed E-state index contributed by atoms with van der Waals surface area (Å²) < 4.78 is 5.05. The summed E-state index contributed by atoms with van der Waals surface area (Å²) in [6.45, 7) is 4.14. The Morgan fingerprint density at radius 1 is 0.833 bits per heavy atom. The fourth-order valence-corrected chi connectivity index (χ4v) is 2.88. The summed E-state index contributed by atoms with van der Waals surface area (Å²) in [6, 6.07) is 21.3. The summed E-state index contributed by atoms with van der Waals surface area (Å²) in [5.74, 6) is 0.340. The Hall–Kier alpha value is -3.07. The van der Waals surface area contributed by atoms with Crippen molar-refractivity contribution in [1.29, 1.82) is 0 Å². The maximum Gasteiger partial charge on any atom is 0.511 e. The molecule has 0 aromatic heterocycles. The van der Waals surface area contributed by atoms with Crippen molar-refractivity contribution in [3.63, 3.8) is 0 Å². The number of benzene rings is 3. The quantitative estimate of drug-likeness (QED) is 0.498. The van der Waals surface area contributed by atoms with Crippen molar-refractivity contribution >= 4 is 6.16 Å². The van der Waals surface area contributed by atoms with E-state index in [2.05, 4.69) is 26.0 Å². The van der Waals surface area contributed by atoms with Gasteiger partial charge < -0.3 is 9.84 Å². The van der Waals surface area contributed by atoms with E-state index in [0.717, 1.165) is 22.3 Å². The minimum Gasteiger partial charge on any atom is -0.449 e. The van der Waals surface area contributed by atoms with E-state index in [4.69, 9.17) is 9.84 Å². The average molecular weight is 318 g/mol. The van der Waals surface area contributed by atoms with Crippen LogP contribution in [0.4, 0.5) is 4.79 Å². The largest absolute Gasteiger partial charge is 0.511 e.